The Morgan fingerprint density at radius 3 is 2.61 bits per heavy atom. The Morgan fingerprint density at radius 1 is 1.09 bits per heavy atom. The lowest BCUT2D eigenvalue weighted by Gasteiger charge is -2.47. The lowest BCUT2D eigenvalue weighted by Crippen LogP contribution is -2.72. The molecule has 8 nitrogen and oxygen atoms in total. The van der Waals surface area contributed by atoms with Crippen molar-refractivity contribution in [3.63, 3.8) is 0 Å². The molecule has 5 rings (SSSR count). The van der Waals surface area contributed by atoms with Crippen LogP contribution in [-0.4, -0.2) is 57.7 Å². The average molecular weight is 447 g/mol. The Bertz CT molecular complexity index is 1050. The molecular weight excluding hydrogens is 422 g/mol. The minimum Gasteiger partial charge on any atom is -0.447 e. The van der Waals surface area contributed by atoms with Crippen LogP contribution >= 0.6 is 0 Å². The largest absolute Gasteiger partial charge is 0.447 e. The second-order valence-corrected chi connectivity index (χ2v) is 8.49. The van der Waals surface area contributed by atoms with Crippen molar-refractivity contribution >= 4 is 24.2 Å². The molecule has 2 aliphatic heterocycles. The molecular formula is C25H25N3O5. The van der Waals surface area contributed by atoms with Crippen LogP contribution in [-0.2, 0) is 14.3 Å². The number of carbonyl (C=O) groups is 3. The Hall–Kier alpha value is -3.68. The topological polar surface area (TPSA) is 89.0 Å². The van der Waals surface area contributed by atoms with Gasteiger partial charge in [0.15, 0.2) is 0 Å². The lowest BCUT2D eigenvalue weighted by atomic mass is 9.91. The van der Waals surface area contributed by atoms with Crippen molar-refractivity contribution in [3.8, 4) is 0 Å². The number of amides is 3. The zero-order chi connectivity index (χ0) is 22.8. The molecule has 0 radical (unpaired) electrons. The summed E-state index contributed by atoms with van der Waals surface area (Å²) in [5, 5.41) is 0. The van der Waals surface area contributed by atoms with Gasteiger partial charge in [-0.25, -0.2) is 14.5 Å². The van der Waals surface area contributed by atoms with Crippen LogP contribution in [0.1, 0.15) is 42.9 Å². The molecule has 3 amide bonds. The molecule has 2 saturated heterocycles. The van der Waals surface area contributed by atoms with Gasteiger partial charge in [-0.1, -0.05) is 48.6 Å². The van der Waals surface area contributed by atoms with Crippen molar-refractivity contribution < 1.29 is 23.9 Å². The smallest absolute Gasteiger partial charge is 0.417 e. The minimum atomic E-state index is -0.853. The molecule has 3 atom stereocenters. The first-order chi connectivity index (χ1) is 16.1. The summed E-state index contributed by atoms with van der Waals surface area (Å²) < 4.78 is 10.9. The number of nitrogens with zero attached hydrogens (tertiary/aromatic N) is 3. The normalized spacial score (nSPS) is 25.4. The van der Waals surface area contributed by atoms with Gasteiger partial charge >= 0.3 is 12.2 Å². The van der Waals surface area contributed by atoms with Crippen LogP contribution in [0, 0.1) is 0 Å². The fourth-order valence-corrected chi connectivity index (χ4v) is 4.74. The quantitative estimate of drug-likeness (QED) is 0.645. The van der Waals surface area contributed by atoms with Crippen LogP contribution in [0.4, 0.5) is 9.59 Å². The molecule has 0 spiro atoms. The number of ether oxygens (including phenoxy) is 2. The number of hydrogen-bond acceptors (Lipinski definition) is 6. The maximum atomic E-state index is 13.2. The highest BCUT2D eigenvalue weighted by molar-refractivity contribution is 6.04. The number of pyridine rings is 1. The van der Waals surface area contributed by atoms with E-state index in [-0.39, 0.29) is 12.7 Å². The number of imide groups is 1. The number of aromatic nitrogens is 1. The molecule has 2 aromatic rings. The second kappa shape index (κ2) is 9.05. The number of likely N-dealkylation sites (tertiary alicyclic amines) is 1. The SMILES string of the molecule is O=C(OC1CCCC1)N1C(=O)[C@H](N2C(=O)OC[C@@H]2c2ccccc2)[C@H]1/C=C/c1cccnc1. The first kappa shape index (κ1) is 21.2. The van der Waals surface area contributed by atoms with Gasteiger partial charge < -0.3 is 9.47 Å². The first-order valence-corrected chi connectivity index (χ1v) is 11.3. The summed E-state index contributed by atoms with van der Waals surface area (Å²) in [6.45, 7) is 0.151. The molecule has 1 saturated carbocycles. The van der Waals surface area contributed by atoms with Crippen molar-refractivity contribution in [2.24, 2.45) is 0 Å². The van der Waals surface area contributed by atoms with Crippen LogP contribution in [0.15, 0.2) is 60.9 Å². The Morgan fingerprint density at radius 2 is 1.88 bits per heavy atom. The third-order valence-electron chi connectivity index (χ3n) is 6.44. The monoisotopic (exact) mass is 447 g/mol. The lowest BCUT2D eigenvalue weighted by molar-refractivity contribution is -0.151. The molecule has 1 aromatic carbocycles. The number of β-lactam (4-membered cyclic amide) rings is 1. The molecule has 3 heterocycles. The van der Waals surface area contributed by atoms with Gasteiger partial charge in [-0.05, 0) is 42.9 Å². The summed E-state index contributed by atoms with van der Waals surface area (Å²) in [6.07, 6.45) is 9.16. The summed E-state index contributed by atoms with van der Waals surface area (Å²) in [5.41, 5.74) is 1.70. The Kier molecular flexibility index (Phi) is 5.81. The van der Waals surface area contributed by atoms with E-state index < -0.39 is 36.2 Å². The fourth-order valence-electron chi connectivity index (χ4n) is 4.74. The molecule has 33 heavy (non-hydrogen) atoms. The molecule has 0 N–H and O–H groups in total. The summed E-state index contributed by atoms with van der Waals surface area (Å²) in [6, 6.07) is 11.2. The van der Waals surface area contributed by atoms with Crippen LogP contribution in [0.2, 0.25) is 0 Å². The molecule has 3 aliphatic rings. The highest BCUT2D eigenvalue weighted by atomic mass is 16.6. The maximum absolute atomic E-state index is 13.2. The van der Waals surface area contributed by atoms with Crippen LogP contribution in [0.25, 0.3) is 6.08 Å². The van der Waals surface area contributed by atoms with E-state index in [1.54, 1.807) is 30.6 Å². The molecule has 0 bridgehead atoms. The highest BCUT2D eigenvalue weighted by Crippen LogP contribution is 2.38. The van der Waals surface area contributed by atoms with Crippen LogP contribution < -0.4 is 0 Å². The third kappa shape index (κ3) is 4.08. The van der Waals surface area contributed by atoms with Gasteiger partial charge in [-0.3, -0.25) is 14.7 Å². The number of hydrogen-bond donors (Lipinski definition) is 0. The first-order valence-electron chi connectivity index (χ1n) is 11.3. The van der Waals surface area contributed by atoms with Crippen molar-refractivity contribution in [3.05, 3.63) is 72.1 Å². The summed E-state index contributed by atoms with van der Waals surface area (Å²) in [5.74, 6) is -0.460. The van der Waals surface area contributed by atoms with Gasteiger partial charge in [-0.2, -0.15) is 0 Å². The summed E-state index contributed by atoms with van der Waals surface area (Å²) >= 11 is 0. The van der Waals surface area contributed by atoms with Gasteiger partial charge in [0.1, 0.15) is 18.8 Å². The van der Waals surface area contributed by atoms with Gasteiger partial charge in [0.25, 0.3) is 5.91 Å². The third-order valence-corrected chi connectivity index (χ3v) is 6.44. The van der Waals surface area contributed by atoms with E-state index in [4.69, 9.17) is 9.47 Å². The molecule has 170 valence electrons. The molecule has 0 unspecified atom stereocenters. The number of carbonyl (C=O) groups excluding carboxylic acids is 3. The minimum absolute atomic E-state index is 0.151. The molecule has 1 aliphatic carbocycles. The Labute approximate surface area is 191 Å². The zero-order valence-electron chi connectivity index (χ0n) is 18.1. The van der Waals surface area contributed by atoms with E-state index in [2.05, 4.69) is 4.98 Å². The van der Waals surface area contributed by atoms with E-state index in [0.717, 1.165) is 41.7 Å². The van der Waals surface area contributed by atoms with Crippen molar-refractivity contribution in [2.75, 3.05) is 6.61 Å². The average Bonchev–Trinajstić information content (AvgIpc) is 3.48. The van der Waals surface area contributed by atoms with E-state index in [1.807, 2.05) is 36.4 Å². The number of benzene rings is 1. The van der Waals surface area contributed by atoms with Crippen LogP contribution in [0.5, 0.6) is 0 Å². The highest BCUT2D eigenvalue weighted by Gasteiger charge is 2.58. The van der Waals surface area contributed by atoms with Gasteiger partial charge in [0, 0.05) is 12.4 Å². The zero-order valence-corrected chi connectivity index (χ0v) is 18.1. The fraction of sp³-hybridized carbons (Fsp3) is 0.360. The van der Waals surface area contributed by atoms with E-state index in [1.165, 1.54) is 4.90 Å². The predicted octanol–water partition coefficient (Wildman–Crippen LogP) is 3.95. The summed E-state index contributed by atoms with van der Waals surface area (Å²) in [4.78, 5) is 45.5. The molecule has 3 fully saturated rings. The number of cyclic esters (lactones) is 1. The summed E-state index contributed by atoms with van der Waals surface area (Å²) in [7, 11) is 0. The maximum Gasteiger partial charge on any atom is 0.417 e. The van der Waals surface area contributed by atoms with Crippen LogP contribution in [0.3, 0.4) is 0 Å². The van der Waals surface area contributed by atoms with E-state index in [0.29, 0.717) is 0 Å². The van der Waals surface area contributed by atoms with Gasteiger partial charge in [-0.15, -0.1) is 0 Å². The van der Waals surface area contributed by atoms with E-state index >= 15 is 0 Å². The van der Waals surface area contributed by atoms with Gasteiger partial charge in [0.2, 0.25) is 0 Å². The molecule has 1 aromatic heterocycles. The van der Waals surface area contributed by atoms with E-state index in [9.17, 15) is 14.4 Å². The van der Waals surface area contributed by atoms with Crippen molar-refractivity contribution in [2.45, 2.75) is 49.9 Å². The van der Waals surface area contributed by atoms with Crippen molar-refractivity contribution in [1.82, 2.24) is 14.8 Å². The Balaban J connectivity index is 1.43. The van der Waals surface area contributed by atoms with Gasteiger partial charge in [0.05, 0.1) is 12.1 Å². The van der Waals surface area contributed by atoms with Crippen molar-refractivity contribution in [1.29, 1.82) is 0 Å². The second-order valence-electron chi connectivity index (χ2n) is 8.49. The standard InChI is InChI=1S/C25H25N3O5/c29-23-22(27-21(16-32-24(27)30)18-8-2-1-3-9-18)20(13-12-17-7-6-14-26-15-17)28(23)25(31)33-19-10-4-5-11-19/h1-3,6-9,12-15,19-22H,4-5,10-11,16H2/b13-12+/t20-,21-,22-/m1/s1. The molecule has 8 heteroatoms. The number of rotatable bonds is 5. The predicted molar refractivity (Wildman–Crippen MR) is 119 cm³/mol.